The van der Waals surface area contributed by atoms with Gasteiger partial charge in [0.25, 0.3) is 0 Å². The van der Waals surface area contributed by atoms with Crippen molar-refractivity contribution in [1.29, 1.82) is 0 Å². The molecule has 1 atom stereocenters. The van der Waals surface area contributed by atoms with Crippen LogP contribution in [-0.2, 0) is 14.3 Å². The van der Waals surface area contributed by atoms with Crippen LogP contribution in [0.3, 0.4) is 0 Å². The van der Waals surface area contributed by atoms with Crippen molar-refractivity contribution < 1.29 is 14.3 Å². The summed E-state index contributed by atoms with van der Waals surface area (Å²) < 4.78 is 10.3. The van der Waals surface area contributed by atoms with Gasteiger partial charge < -0.3 is 20.1 Å². The van der Waals surface area contributed by atoms with Crippen molar-refractivity contribution in [2.24, 2.45) is 5.73 Å². The zero-order valence-electron chi connectivity index (χ0n) is 12.2. The Morgan fingerprint density at radius 3 is 2.56 bits per heavy atom. The number of amides is 1. The van der Waals surface area contributed by atoms with Crippen molar-refractivity contribution in [3.63, 3.8) is 0 Å². The van der Waals surface area contributed by atoms with E-state index < -0.39 is 5.54 Å². The van der Waals surface area contributed by atoms with Gasteiger partial charge in [0.15, 0.2) is 0 Å². The van der Waals surface area contributed by atoms with Crippen molar-refractivity contribution >= 4 is 5.91 Å². The summed E-state index contributed by atoms with van der Waals surface area (Å²) >= 11 is 0. The average Bonchev–Trinajstić information content (AvgIpc) is 2.32. The molecule has 0 aliphatic heterocycles. The number of likely N-dealkylation sites (N-methyl/N-ethyl adjacent to an activating group) is 1. The molecule has 0 spiro atoms. The first kappa shape index (κ1) is 17.4. The van der Waals surface area contributed by atoms with E-state index in [4.69, 9.17) is 15.2 Å². The van der Waals surface area contributed by atoms with Gasteiger partial charge >= 0.3 is 0 Å². The summed E-state index contributed by atoms with van der Waals surface area (Å²) in [6, 6.07) is 0. The third-order valence-electron chi connectivity index (χ3n) is 2.81. The van der Waals surface area contributed by atoms with Gasteiger partial charge in [-0.05, 0) is 19.8 Å². The summed E-state index contributed by atoms with van der Waals surface area (Å²) in [5.41, 5.74) is 5.23. The van der Waals surface area contributed by atoms with Gasteiger partial charge in [-0.25, -0.2) is 0 Å². The zero-order valence-corrected chi connectivity index (χ0v) is 12.2. The Hall–Kier alpha value is -0.650. The van der Waals surface area contributed by atoms with Crippen LogP contribution in [0.25, 0.3) is 0 Å². The fourth-order valence-corrected chi connectivity index (χ4v) is 1.77. The normalized spacial score (nSPS) is 14.3. The SMILES string of the molecule is CCCC(C)(N)C(=O)N(C)CCOCCCOC. The Bertz CT molecular complexity index is 232. The van der Waals surface area contributed by atoms with E-state index in [2.05, 4.69) is 0 Å². The van der Waals surface area contributed by atoms with Crippen LogP contribution in [0, 0.1) is 0 Å². The Morgan fingerprint density at radius 2 is 2.00 bits per heavy atom. The molecule has 0 aliphatic rings. The van der Waals surface area contributed by atoms with Crippen LogP contribution in [-0.4, -0.2) is 56.9 Å². The number of carbonyl (C=O) groups is 1. The summed E-state index contributed by atoms with van der Waals surface area (Å²) in [6.07, 6.45) is 2.48. The van der Waals surface area contributed by atoms with E-state index in [0.29, 0.717) is 32.8 Å². The minimum absolute atomic E-state index is 0.0233. The number of hydrogen-bond acceptors (Lipinski definition) is 4. The van der Waals surface area contributed by atoms with Crippen LogP contribution < -0.4 is 5.73 Å². The molecule has 108 valence electrons. The average molecular weight is 260 g/mol. The fourth-order valence-electron chi connectivity index (χ4n) is 1.77. The van der Waals surface area contributed by atoms with Crippen LogP contribution in [0.4, 0.5) is 0 Å². The lowest BCUT2D eigenvalue weighted by atomic mass is 9.96. The number of carbonyl (C=O) groups excluding carboxylic acids is 1. The van der Waals surface area contributed by atoms with Crippen LogP contribution >= 0.6 is 0 Å². The van der Waals surface area contributed by atoms with Gasteiger partial charge in [-0.15, -0.1) is 0 Å². The lowest BCUT2D eigenvalue weighted by molar-refractivity contribution is -0.136. The molecule has 0 aliphatic carbocycles. The maximum Gasteiger partial charge on any atom is 0.242 e. The Balaban J connectivity index is 3.81. The fraction of sp³-hybridized carbons (Fsp3) is 0.923. The van der Waals surface area contributed by atoms with E-state index in [0.717, 1.165) is 12.8 Å². The van der Waals surface area contributed by atoms with Gasteiger partial charge in [0, 0.05) is 33.9 Å². The van der Waals surface area contributed by atoms with Crippen LogP contribution in [0.1, 0.15) is 33.1 Å². The predicted octanol–water partition coefficient (Wildman–Crippen LogP) is 1.02. The first-order valence-corrected chi connectivity index (χ1v) is 6.56. The molecule has 0 aromatic carbocycles. The molecule has 0 saturated carbocycles. The van der Waals surface area contributed by atoms with Crippen molar-refractivity contribution in [1.82, 2.24) is 4.90 Å². The highest BCUT2D eigenvalue weighted by Gasteiger charge is 2.29. The molecular weight excluding hydrogens is 232 g/mol. The number of methoxy groups -OCH3 is 1. The van der Waals surface area contributed by atoms with E-state index in [1.54, 1.807) is 26.0 Å². The molecule has 18 heavy (non-hydrogen) atoms. The third-order valence-corrected chi connectivity index (χ3v) is 2.81. The molecule has 5 nitrogen and oxygen atoms in total. The summed E-state index contributed by atoms with van der Waals surface area (Å²) in [6.45, 7) is 6.28. The predicted molar refractivity (Wildman–Crippen MR) is 72.4 cm³/mol. The first-order chi connectivity index (χ1) is 8.45. The van der Waals surface area contributed by atoms with Gasteiger partial charge in [0.2, 0.25) is 5.91 Å². The second kappa shape index (κ2) is 9.30. The highest BCUT2D eigenvalue weighted by atomic mass is 16.5. The molecule has 2 N–H and O–H groups in total. The summed E-state index contributed by atoms with van der Waals surface area (Å²) in [7, 11) is 3.43. The number of nitrogens with two attached hydrogens (primary N) is 1. The molecule has 0 aromatic rings. The molecule has 0 radical (unpaired) electrons. The monoisotopic (exact) mass is 260 g/mol. The zero-order chi connectivity index (χ0) is 14.0. The van der Waals surface area contributed by atoms with Crippen LogP contribution in [0.2, 0.25) is 0 Å². The van der Waals surface area contributed by atoms with Crippen molar-refractivity contribution in [2.45, 2.75) is 38.6 Å². The minimum atomic E-state index is -0.764. The highest BCUT2D eigenvalue weighted by Crippen LogP contribution is 2.11. The topological polar surface area (TPSA) is 64.8 Å². The van der Waals surface area contributed by atoms with Gasteiger partial charge in [-0.1, -0.05) is 13.3 Å². The maximum atomic E-state index is 12.0. The first-order valence-electron chi connectivity index (χ1n) is 6.56. The van der Waals surface area contributed by atoms with E-state index in [9.17, 15) is 4.79 Å². The lowest BCUT2D eigenvalue weighted by Crippen LogP contribution is -2.52. The molecular formula is C13H28N2O3. The molecule has 0 bridgehead atoms. The summed E-state index contributed by atoms with van der Waals surface area (Å²) in [5.74, 6) is -0.0233. The highest BCUT2D eigenvalue weighted by molar-refractivity contribution is 5.85. The second-order valence-electron chi connectivity index (χ2n) is 4.85. The van der Waals surface area contributed by atoms with Crippen molar-refractivity contribution in [3.8, 4) is 0 Å². The standard InChI is InChI=1S/C13H28N2O3/c1-5-7-13(2,14)12(16)15(3)8-11-18-10-6-9-17-4/h5-11,14H2,1-4H3. The van der Waals surface area contributed by atoms with Crippen molar-refractivity contribution in [3.05, 3.63) is 0 Å². The third kappa shape index (κ3) is 6.93. The van der Waals surface area contributed by atoms with Gasteiger partial charge in [-0.2, -0.15) is 0 Å². The minimum Gasteiger partial charge on any atom is -0.385 e. The largest absolute Gasteiger partial charge is 0.385 e. The molecule has 0 aromatic heterocycles. The molecule has 0 saturated heterocycles. The quantitative estimate of drug-likeness (QED) is 0.596. The van der Waals surface area contributed by atoms with Crippen LogP contribution in [0.15, 0.2) is 0 Å². The molecule has 5 heteroatoms. The second-order valence-corrected chi connectivity index (χ2v) is 4.85. The number of rotatable bonds is 10. The Morgan fingerprint density at radius 1 is 1.33 bits per heavy atom. The number of nitrogens with zero attached hydrogens (tertiary/aromatic N) is 1. The van der Waals surface area contributed by atoms with Gasteiger partial charge in [-0.3, -0.25) is 4.79 Å². The molecule has 0 rings (SSSR count). The summed E-state index contributed by atoms with van der Waals surface area (Å²) in [4.78, 5) is 13.7. The molecule has 1 unspecified atom stereocenters. The van der Waals surface area contributed by atoms with Crippen molar-refractivity contribution in [2.75, 3.05) is 40.5 Å². The van der Waals surface area contributed by atoms with Gasteiger partial charge in [0.1, 0.15) is 0 Å². The number of hydrogen-bond donors (Lipinski definition) is 1. The Labute approximate surface area is 111 Å². The Kier molecular flexibility index (Phi) is 8.97. The molecule has 0 heterocycles. The molecule has 1 amide bonds. The van der Waals surface area contributed by atoms with E-state index in [-0.39, 0.29) is 5.91 Å². The van der Waals surface area contributed by atoms with Gasteiger partial charge in [0.05, 0.1) is 12.1 Å². The maximum absolute atomic E-state index is 12.0. The van der Waals surface area contributed by atoms with Crippen LogP contribution in [0.5, 0.6) is 0 Å². The lowest BCUT2D eigenvalue weighted by Gasteiger charge is -2.28. The smallest absolute Gasteiger partial charge is 0.242 e. The van der Waals surface area contributed by atoms with E-state index in [1.807, 2.05) is 6.92 Å². The molecule has 0 fully saturated rings. The summed E-state index contributed by atoms with van der Waals surface area (Å²) in [5, 5.41) is 0. The van der Waals surface area contributed by atoms with E-state index >= 15 is 0 Å². The number of ether oxygens (including phenoxy) is 2. The van der Waals surface area contributed by atoms with E-state index in [1.165, 1.54) is 0 Å².